The van der Waals surface area contributed by atoms with Gasteiger partial charge in [0.15, 0.2) is 0 Å². The van der Waals surface area contributed by atoms with Crippen LogP contribution in [0.2, 0.25) is 0 Å². The average molecular weight is 323 g/mol. The van der Waals surface area contributed by atoms with Crippen molar-refractivity contribution in [2.45, 2.75) is 38.9 Å². The molecule has 6 heteroatoms. The molecule has 1 aliphatic rings. The van der Waals surface area contributed by atoms with Gasteiger partial charge in [-0.2, -0.15) is 5.10 Å². The van der Waals surface area contributed by atoms with E-state index in [9.17, 15) is 0 Å². The topological polar surface area (TPSA) is 35.8 Å². The van der Waals surface area contributed by atoms with Crippen LogP contribution in [-0.2, 0) is 9.31 Å². The third-order valence-electron chi connectivity index (χ3n) is 4.02. The first-order valence-corrected chi connectivity index (χ1v) is 7.08. The summed E-state index contributed by atoms with van der Waals surface area (Å²) in [6, 6.07) is 4.00. The van der Waals surface area contributed by atoms with E-state index in [-0.39, 0.29) is 18.3 Å². The van der Waals surface area contributed by atoms with Gasteiger partial charge in [-0.3, -0.25) is 0 Å². The predicted octanol–water partition coefficient (Wildman–Crippen LogP) is 2.40. The monoisotopic (exact) mass is 322 g/mol. The van der Waals surface area contributed by atoms with Gasteiger partial charge in [0, 0.05) is 22.3 Å². The molecule has 0 bridgehead atoms. The van der Waals surface area contributed by atoms with Crippen LogP contribution in [0.15, 0.2) is 29.0 Å². The normalized spacial score (nSPS) is 21.2. The quantitative estimate of drug-likeness (QED) is 0.756. The molecule has 2 aromatic heterocycles. The minimum Gasteiger partial charge on any atom is -0.399 e. The molecule has 0 aromatic carbocycles. The molecule has 0 spiro atoms. The Bertz CT molecular complexity index is 623. The van der Waals surface area contributed by atoms with Crippen molar-refractivity contribution in [1.82, 2.24) is 9.61 Å². The van der Waals surface area contributed by atoms with E-state index in [0.29, 0.717) is 0 Å². The van der Waals surface area contributed by atoms with Crippen molar-refractivity contribution in [3.8, 4) is 0 Å². The summed E-state index contributed by atoms with van der Waals surface area (Å²) in [5, 5.41) is 4.35. The minimum absolute atomic E-state index is 0.332. The summed E-state index contributed by atoms with van der Waals surface area (Å²) >= 11 is 3.44. The number of nitrogens with zero attached hydrogens (tertiary/aromatic N) is 2. The molecular formula is C13H16BBrN2O2. The number of hydrogen-bond acceptors (Lipinski definition) is 3. The molecule has 0 saturated carbocycles. The summed E-state index contributed by atoms with van der Waals surface area (Å²) in [7, 11) is -0.372. The summed E-state index contributed by atoms with van der Waals surface area (Å²) in [5.74, 6) is 0. The summed E-state index contributed by atoms with van der Waals surface area (Å²) in [5.41, 5.74) is 1.30. The summed E-state index contributed by atoms with van der Waals surface area (Å²) in [6.07, 6.45) is 3.73. The molecule has 0 radical (unpaired) electrons. The van der Waals surface area contributed by atoms with Crippen molar-refractivity contribution >= 4 is 34.0 Å². The molecule has 2 aromatic rings. The van der Waals surface area contributed by atoms with Gasteiger partial charge in [-0.25, -0.2) is 4.52 Å². The smallest absolute Gasteiger partial charge is 0.399 e. The second-order valence-electron chi connectivity index (χ2n) is 5.87. The molecule has 1 aliphatic heterocycles. The van der Waals surface area contributed by atoms with Crippen LogP contribution in [0.3, 0.4) is 0 Å². The van der Waals surface area contributed by atoms with E-state index >= 15 is 0 Å². The van der Waals surface area contributed by atoms with Crippen molar-refractivity contribution in [1.29, 1.82) is 0 Å². The summed E-state index contributed by atoms with van der Waals surface area (Å²) in [6.45, 7) is 8.20. The van der Waals surface area contributed by atoms with Gasteiger partial charge in [0.2, 0.25) is 0 Å². The number of pyridine rings is 1. The maximum Gasteiger partial charge on any atom is 0.498 e. The van der Waals surface area contributed by atoms with E-state index < -0.39 is 0 Å². The number of fused-ring (bicyclic) bond motifs is 1. The van der Waals surface area contributed by atoms with Crippen LogP contribution in [0, 0.1) is 0 Å². The Morgan fingerprint density at radius 3 is 2.42 bits per heavy atom. The molecule has 19 heavy (non-hydrogen) atoms. The zero-order valence-electron chi connectivity index (χ0n) is 11.5. The molecule has 0 amide bonds. The third-order valence-corrected chi connectivity index (χ3v) is 4.49. The van der Waals surface area contributed by atoms with E-state index in [1.165, 1.54) is 0 Å². The zero-order valence-corrected chi connectivity index (χ0v) is 13.1. The predicted molar refractivity (Wildman–Crippen MR) is 78.6 cm³/mol. The molecule has 4 nitrogen and oxygen atoms in total. The fourth-order valence-electron chi connectivity index (χ4n) is 2.13. The van der Waals surface area contributed by atoms with Crippen molar-refractivity contribution in [3.63, 3.8) is 0 Å². The van der Waals surface area contributed by atoms with Gasteiger partial charge in [-0.15, -0.1) is 0 Å². The van der Waals surface area contributed by atoms with Crippen molar-refractivity contribution in [2.75, 3.05) is 0 Å². The largest absolute Gasteiger partial charge is 0.498 e. The van der Waals surface area contributed by atoms with E-state index in [4.69, 9.17) is 9.31 Å². The molecular weight excluding hydrogens is 307 g/mol. The van der Waals surface area contributed by atoms with Gasteiger partial charge < -0.3 is 9.31 Å². The minimum atomic E-state index is -0.372. The van der Waals surface area contributed by atoms with Crippen molar-refractivity contribution in [2.24, 2.45) is 0 Å². The molecule has 100 valence electrons. The Hall–Kier alpha value is -0.845. The number of halogens is 1. The fourth-order valence-corrected chi connectivity index (χ4v) is 2.46. The first-order chi connectivity index (χ1) is 8.80. The van der Waals surface area contributed by atoms with Gasteiger partial charge in [0.1, 0.15) is 0 Å². The van der Waals surface area contributed by atoms with E-state index in [1.54, 1.807) is 0 Å². The molecule has 1 fully saturated rings. The highest BCUT2D eigenvalue weighted by molar-refractivity contribution is 9.10. The van der Waals surface area contributed by atoms with Crippen LogP contribution in [0.25, 0.3) is 5.52 Å². The Labute approximate surface area is 121 Å². The van der Waals surface area contributed by atoms with Crippen LogP contribution in [0.4, 0.5) is 0 Å². The van der Waals surface area contributed by atoms with Gasteiger partial charge >= 0.3 is 7.12 Å². The molecule has 0 atom stereocenters. The lowest BCUT2D eigenvalue weighted by molar-refractivity contribution is 0.00578. The number of aromatic nitrogens is 2. The highest BCUT2D eigenvalue weighted by atomic mass is 79.9. The molecule has 0 aliphatic carbocycles. The first-order valence-electron chi connectivity index (χ1n) is 6.29. The fraction of sp³-hybridized carbons (Fsp3) is 0.462. The van der Waals surface area contributed by atoms with Crippen LogP contribution < -0.4 is 5.46 Å². The lowest BCUT2D eigenvalue weighted by Gasteiger charge is -2.32. The Balaban J connectivity index is 2.03. The third kappa shape index (κ3) is 2.02. The van der Waals surface area contributed by atoms with E-state index in [1.807, 2.05) is 29.0 Å². The highest BCUT2D eigenvalue weighted by Gasteiger charge is 2.52. The Morgan fingerprint density at radius 2 is 1.79 bits per heavy atom. The second-order valence-corrected chi connectivity index (χ2v) is 6.78. The van der Waals surface area contributed by atoms with Crippen molar-refractivity contribution < 1.29 is 9.31 Å². The molecule has 1 saturated heterocycles. The lowest BCUT2D eigenvalue weighted by Crippen LogP contribution is -2.41. The Morgan fingerprint density at radius 1 is 1.16 bits per heavy atom. The number of rotatable bonds is 1. The van der Waals surface area contributed by atoms with E-state index in [2.05, 4.69) is 48.7 Å². The molecule has 0 unspecified atom stereocenters. The molecule has 0 N–H and O–H groups in total. The zero-order chi connectivity index (χ0) is 13.8. The van der Waals surface area contributed by atoms with Crippen LogP contribution in [0.1, 0.15) is 27.7 Å². The van der Waals surface area contributed by atoms with Crippen LogP contribution in [0.5, 0.6) is 0 Å². The number of hydrogen-bond donors (Lipinski definition) is 0. The molecule has 3 heterocycles. The highest BCUT2D eigenvalue weighted by Crippen LogP contribution is 2.36. The maximum absolute atomic E-state index is 6.06. The van der Waals surface area contributed by atoms with Gasteiger partial charge in [-0.05, 0) is 55.8 Å². The molecule has 3 rings (SSSR count). The van der Waals surface area contributed by atoms with Gasteiger partial charge in [0.05, 0.1) is 16.7 Å². The van der Waals surface area contributed by atoms with Crippen LogP contribution in [-0.4, -0.2) is 27.9 Å². The van der Waals surface area contributed by atoms with E-state index in [0.717, 1.165) is 15.5 Å². The van der Waals surface area contributed by atoms with Crippen LogP contribution >= 0.6 is 15.9 Å². The standard InChI is InChI=1S/C13H16BBrN2O2/c1-12(2)13(3,4)19-14(18-12)10-7-16-17-8-9(15)5-6-11(10)17/h5-8H,1-4H3. The maximum atomic E-state index is 6.06. The Kier molecular flexibility index (Phi) is 2.82. The average Bonchev–Trinajstić information content (AvgIpc) is 2.77. The lowest BCUT2D eigenvalue weighted by atomic mass is 9.80. The van der Waals surface area contributed by atoms with Gasteiger partial charge in [-0.1, -0.05) is 0 Å². The summed E-state index contributed by atoms with van der Waals surface area (Å²) in [4.78, 5) is 0. The SMILES string of the molecule is CC1(C)OB(c2cnn3cc(Br)ccc23)OC1(C)C. The van der Waals surface area contributed by atoms with Crippen molar-refractivity contribution in [3.05, 3.63) is 29.0 Å². The van der Waals surface area contributed by atoms with Gasteiger partial charge in [0.25, 0.3) is 0 Å². The first kappa shape index (κ1) is 13.2. The second kappa shape index (κ2) is 4.07. The summed E-state index contributed by atoms with van der Waals surface area (Å²) < 4.78 is 14.9.